The van der Waals surface area contributed by atoms with E-state index < -0.39 is 0 Å². The lowest BCUT2D eigenvalue weighted by atomic mass is 9.98. The molecular weight excluding hydrogens is 781 g/mol. The molecule has 1 amide bonds. The highest BCUT2D eigenvalue weighted by molar-refractivity contribution is 6.35. The normalized spacial score (nSPS) is 14.2. The fraction of sp³-hybridized carbons (Fsp3) is 0.283. The summed E-state index contributed by atoms with van der Waals surface area (Å²) in [6.07, 6.45) is 4.97. The standard InChI is InChI=1S/C46H45Cl2N9O2/c1-25-18-33(19-26(2)42(25)48)59-17-9-12-34-35-14-15-37(47)41(40-29(5)52-54(7)30(40)6)43(35)57-28(4)22-56(46(58)44(34)57)39-21-49-38-16-13-31(20-36(38)39)45-50-24-55(53-45)23-32-11-8-10-27(3)51-32/h8,10-11,13-16,18-21,24,28,49H,9,12,17,22-23H2,1-7H3. The minimum atomic E-state index is -0.0922. The molecule has 9 rings (SSSR count). The number of aryl methyl sites for hydroxylation is 6. The number of carbonyl (C=O) groups is 1. The first-order chi connectivity index (χ1) is 28.4. The van der Waals surface area contributed by atoms with Crippen LogP contribution in [-0.4, -0.2) is 58.1 Å². The molecular formula is C46H45Cl2N9O2. The van der Waals surface area contributed by atoms with E-state index in [1.54, 1.807) is 11.0 Å². The fourth-order valence-electron chi connectivity index (χ4n) is 8.76. The minimum absolute atomic E-state index is 0.0692. The summed E-state index contributed by atoms with van der Waals surface area (Å²) in [4.78, 5) is 29.9. The quantitative estimate of drug-likeness (QED) is 0.137. The average Bonchev–Trinajstić information content (AvgIpc) is 3.98. The summed E-state index contributed by atoms with van der Waals surface area (Å²) < 4.78 is 12.2. The van der Waals surface area contributed by atoms with Crippen molar-refractivity contribution < 1.29 is 9.53 Å². The zero-order valence-corrected chi connectivity index (χ0v) is 35.7. The molecule has 13 heteroatoms. The number of rotatable bonds is 10. The first-order valence-corrected chi connectivity index (χ1v) is 20.6. The van der Waals surface area contributed by atoms with E-state index in [1.165, 1.54) is 0 Å². The van der Waals surface area contributed by atoms with Crippen molar-refractivity contribution in [3.8, 4) is 28.3 Å². The van der Waals surface area contributed by atoms with Crippen LogP contribution in [0.15, 0.2) is 73.2 Å². The molecule has 6 heterocycles. The third-order valence-corrected chi connectivity index (χ3v) is 12.5. The molecule has 1 unspecified atom stereocenters. The predicted molar refractivity (Wildman–Crippen MR) is 235 cm³/mol. The highest BCUT2D eigenvalue weighted by Gasteiger charge is 2.37. The number of aromatic amines is 1. The van der Waals surface area contributed by atoms with Gasteiger partial charge in [-0.1, -0.05) is 35.3 Å². The number of aromatic nitrogens is 8. The SMILES string of the molecule is Cc1cccc(Cn2cnc(-c3ccc4[nH]cc(N5CC(C)n6c(c(CCCOc7cc(C)c(Cl)c(C)c7)c7ccc(Cl)c(-c8c(C)nn(C)c8C)c76)C5=O)c4c3)n2)n1. The molecule has 0 saturated heterocycles. The van der Waals surface area contributed by atoms with Crippen LogP contribution in [0.1, 0.15) is 69.3 Å². The van der Waals surface area contributed by atoms with Crippen LogP contribution < -0.4 is 9.64 Å². The summed E-state index contributed by atoms with van der Waals surface area (Å²) in [6, 6.07) is 19.9. The van der Waals surface area contributed by atoms with Gasteiger partial charge in [0.1, 0.15) is 17.8 Å². The molecule has 3 aromatic carbocycles. The van der Waals surface area contributed by atoms with Gasteiger partial charge in [0.15, 0.2) is 5.82 Å². The molecule has 0 fully saturated rings. The second kappa shape index (κ2) is 15.0. The number of ether oxygens (including phenoxy) is 1. The number of nitrogens with zero attached hydrogens (tertiary/aromatic N) is 8. The number of anilines is 1. The highest BCUT2D eigenvalue weighted by Crippen LogP contribution is 2.46. The number of pyridine rings is 1. The van der Waals surface area contributed by atoms with Crippen molar-refractivity contribution in [2.75, 3.05) is 18.1 Å². The van der Waals surface area contributed by atoms with E-state index in [9.17, 15) is 0 Å². The maximum Gasteiger partial charge on any atom is 0.275 e. The lowest BCUT2D eigenvalue weighted by Crippen LogP contribution is -2.42. The molecule has 5 aromatic heterocycles. The second-order valence-electron chi connectivity index (χ2n) is 15.7. The Labute approximate surface area is 352 Å². The van der Waals surface area contributed by atoms with Crippen LogP contribution in [0.4, 0.5) is 5.69 Å². The summed E-state index contributed by atoms with van der Waals surface area (Å²) in [7, 11) is 1.95. The van der Waals surface area contributed by atoms with Gasteiger partial charge < -0.3 is 19.2 Å². The number of halogens is 2. The van der Waals surface area contributed by atoms with Crippen molar-refractivity contribution in [2.24, 2.45) is 7.05 Å². The fourth-order valence-corrected chi connectivity index (χ4v) is 9.12. The van der Waals surface area contributed by atoms with Gasteiger partial charge in [-0.25, -0.2) is 9.67 Å². The van der Waals surface area contributed by atoms with E-state index in [2.05, 4.69) is 45.5 Å². The Morgan fingerprint density at radius 3 is 2.47 bits per heavy atom. The maximum atomic E-state index is 15.2. The topological polar surface area (TPSA) is 112 Å². The summed E-state index contributed by atoms with van der Waals surface area (Å²) in [5.41, 5.74) is 12.8. The Kier molecular flexibility index (Phi) is 9.84. The van der Waals surface area contributed by atoms with E-state index in [4.69, 9.17) is 38.1 Å². The molecule has 0 aliphatic carbocycles. The van der Waals surface area contributed by atoms with E-state index in [1.807, 2.05) is 99.1 Å². The van der Waals surface area contributed by atoms with Gasteiger partial charge in [0, 0.05) is 75.2 Å². The highest BCUT2D eigenvalue weighted by atomic mass is 35.5. The number of hydrogen-bond acceptors (Lipinski definition) is 6. The van der Waals surface area contributed by atoms with Gasteiger partial charge in [-0.2, -0.15) is 10.2 Å². The van der Waals surface area contributed by atoms with Crippen molar-refractivity contribution in [1.29, 1.82) is 0 Å². The Bertz CT molecular complexity index is 2930. The molecule has 0 radical (unpaired) electrons. The first-order valence-electron chi connectivity index (χ1n) is 19.9. The Morgan fingerprint density at radius 2 is 1.73 bits per heavy atom. The van der Waals surface area contributed by atoms with Crippen LogP contribution >= 0.6 is 23.2 Å². The molecule has 1 atom stereocenters. The second-order valence-corrected chi connectivity index (χ2v) is 16.5. The van der Waals surface area contributed by atoms with Crippen molar-refractivity contribution in [2.45, 2.75) is 67.0 Å². The minimum Gasteiger partial charge on any atom is -0.494 e. The molecule has 0 bridgehead atoms. The van der Waals surface area contributed by atoms with E-state index >= 15 is 4.79 Å². The van der Waals surface area contributed by atoms with E-state index in [0.717, 1.165) is 94.4 Å². The van der Waals surface area contributed by atoms with Gasteiger partial charge in [-0.3, -0.25) is 14.5 Å². The van der Waals surface area contributed by atoms with Crippen LogP contribution in [0.3, 0.4) is 0 Å². The summed E-state index contributed by atoms with van der Waals surface area (Å²) in [5, 5.41) is 12.8. The molecule has 59 heavy (non-hydrogen) atoms. The van der Waals surface area contributed by atoms with Crippen molar-refractivity contribution >= 4 is 56.6 Å². The lowest BCUT2D eigenvalue weighted by Gasteiger charge is -2.34. The Balaban J connectivity index is 1.11. The summed E-state index contributed by atoms with van der Waals surface area (Å²) in [5.74, 6) is 1.31. The molecule has 300 valence electrons. The molecule has 0 spiro atoms. The van der Waals surface area contributed by atoms with Gasteiger partial charge in [-0.05, 0) is 120 Å². The summed E-state index contributed by atoms with van der Waals surface area (Å²) >= 11 is 13.6. The van der Waals surface area contributed by atoms with Gasteiger partial charge in [0.05, 0.1) is 40.8 Å². The van der Waals surface area contributed by atoms with Gasteiger partial charge in [-0.15, -0.1) is 0 Å². The molecule has 11 nitrogen and oxygen atoms in total. The van der Waals surface area contributed by atoms with Crippen LogP contribution in [0.2, 0.25) is 10.0 Å². The smallest absolute Gasteiger partial charge is 0.275 e. The molecule has 1 N–H and O–H groups in total. The van der Waals surface area contributed by atoms with Crippen molar-refractivity contribution in [3.05, 3.63) is 128 Å². The first kappa shape index (κ1) is 38.6. The van der Waals surface area contributed by atoms with Crippen molar-refractivity contribution in [1.82, 2.24) is 39.1 Å². The van der Waals surface area contributed by atoms with Crippen LogP contribution in [0, 0.1) is 34.6 Å². The van der Waals surface area contributed by atoms with Crippen molar-refractivity contribution in [3.63, 3.8) is 0 Å². The van der Waals surface area contributed by atoms with E-state index in [-0.39, 0.29) is 11.9 Å². The number of nitrogens with one attached hydrogen (secondary N) is 1. The molecule has 1 aliphatic heterocycles. The Hall–Kier alpha value is -5.91. The summed E-state index contributed by atoms with van der Waals surface area (Å²) in [6.45, 7) is 13.6. The van der Waals surface area contributed by atoms with Gasteiger partial charge in [0.2, 0.25) is 0 Å². The third-order valence-electron chi connectivity index (χ3n) is 11.6. The lowest BCUT2D eigenvalue weighted by molar-refractivity contribution is 0.0957. The molecule has 0 saturated carbocycles. The number of H-pyrrole nitrogens is 1. The zero-order chi connectivity index (χ0) is 41.3. The van der Waals surface area contributed by atoms with E-state index in [0.29, 0.717) is 49.1 Å². The number of fused-ring (bicyclic) bond motifs is 4. The number of benzene rings is 3. The largest absolute Gasteiger partial charge is 0.494 e. The van der Waals surface area contributed by atoms with Gasteiger partial charge >= 0.3 is 0 Å². The maximum absolute atomic E-state index is 15.2. The molecule has 8 aromatic rings. The average molecular weight is 827 g/mol. The zero-order valence-electron chi connectivity index (χ0n) is 34.2. The van der Waals surface area contributed by atoms with Crippen LogP contribution in [0.5, 0.6) is 5.75 Å². The van der Waals surface area contributed by atoms with Crippen LogP contribution in [0.25, 0.3) is 44.3 Å². The number of amides is 1. The molecule has 1 aliphatic rings. The van der Waals surface area contributed by atoms with Crippen LogP contribution in [-0.2, 0) is 20.0 Å². The number of carbonyl (C=O) groups excluding carboxylic acids is 1. The Morgan fingerprint density at radius 1 is 0.932 bits per heavy atom. The predicted octanol–water partition coefficient (Wildman–Crippen LogP) is 10.3. The van der Waals surface area contributed by atoms with Gasteiger partial charge in [0.25, 0.3) is 5.91 Å². The number of hydrogen-bond donors (Lipinski definition) is 1. The third kappa shape index (κ3) is 6.76. The monoisotopic (exact) mass is 825 g/mol.